The summed E-state index contributed by atoms with van der Waals surface area (Å²) in [7, 11) is 0. The van der Waals surface area contributed by atoms with Crippen molar-refractivity contribution in [1.82, 2.24) is 5.32 Å². The lowest BCUT2D eigenvalue weighted by Crippen LogP contribution is -2.42. The molecule has 0 bridgehead atoms. The number of aliphatic hydroxyl groups excluding tert-OH is 1. The molecule has 0 saturated carbocycles. The van der Waals surface area contributed by atoms with Gasteiger partial charge in [0.2, 0.25) is 5.91 Å². The number of aliphatic hydroxyl groups is 1. The van der Waals surface area contributed by atoms with E-state index in [1.54, 1.807) is 0 Å². The molecule has 1 amide bonds. The van der Waals surface area contributed by atoms with Gasteiger partial charge in [0, 0.05) is 6.42 Å². The number of carbonyl (C=O) groups is 2. The molecule has 1 heterocycles. The first-order valence-electron chi connectivity index (χ1n) is 3.76. The summed E-state index contributed by atoms with van der Waals surface area (Å²) in [6.07, 6.45) is -0.601. The maximum Gasteiger partial charge on any atom is 0.328 e. The molecule has 1 aliphatic rings. The Morgan fingerprint density at radius 2 is 2.50 bits per heavy atom. The minimum Gasteiger partial charge on any atom is -0.464 e. The first-order chi connectivity index (χ1) is 5.61. The highest BCUT2D eigenvalue weighted by molar-refractivity contribution is 5.87. The maximum absolute atomic E-state index is 10.9. The molecular weight excluding hydrogens is 162 g/mol. The van der Waals surface area contributed by atoms with Crippen LogP contribution in [0.2, 0.25) is 0 Å². The van der Waals surface area contributed by atoms with Crippen molar-refractivity contribution in [3.8, 4) is 0 Å². The summed E-state index contributed by atoms with van der Waals surface area (Å²) in [6, 6.07) is -0.577. The Balaban J connectivity index is 2.40. The van der Waals surface area contributed by atoms with E-state index in [2.05, 4.69) is 10.1 Å². The number of ether oxygens (including phenoxy) is 1. The lowest BCUT2D eigenvalue weighted by molar-refractivity contribution is -0.142. The Morgan fingerprint density at radius 3 is 2.92 bits per heavy atom. The molecular formula is C7H11NO4. The van der Waals surface area contributed by atoms with Crippen LogP contribution in [-0.4, -0.2) is 35.7 Å². The Kier molecular flexibility index (Phi) is 2.65. The molecule has 1 rings (SSSR count). The van der Waals surface area contributed by atoms with Crippen molar-refractivity contribution in [2.45, 2.75) is 25.5 Å². The molecule has 2 unspecified atom stereocenters. The van der Waals surface area contributed by atoms with Crippen molar-refractivity contribution in [3.63, 3.8) is 0 Å². The number of cyclic esters (lactones) is 1. The lowest BCUT2D eigenvalue weighted by Gasteiger charge is -2.09. The number of esters is 1. The van der Waals surface area contributed by atoms with Gasteiger partial charge in [0.05, 0.1) is 6.61 Å². The average Bonchev–Trinajstić information content (AvgIpc) is 2.36. The fourth-order valence-corrected chi connectivity index (χ4v) is 0.919. The predicted octanol–water partition coefficient (Wildman–Crippen LogP) is -1.20. The van der Waals surface area contributed by atoms with Crippen molar-refractivity contribution in [2.24, 2.45) is 0 Å². The van der Waals surface area contributed by atoms with E-state index in [4.69, 9.17) is 5.11 Å². The highest BCUT2D eigenvalue weighted by Gasteiger charge is 2.28. The summed E-state index contributed by atoms with van der Waals surface area (Å²) in [4.78, 5) is 21.7. The largest absolute Gasteiger partial charge is 0.464 e. The van der Waals surface area contributed by atoms with Crippen LogP contribution in [0.25, 0.3) is 0 Å². The molecule has 1 fully saturated rings. The minimum atomic E-state index is -1.08. The van der Waals surface area contributed by atoms with Gasteiger partial charge in [-0.05, 0) is 6.92 Å². The monoisotopic (exact) mass is 173 g/mol. The van der Waals surface area contributed by atoms with Crippen LogP contribution in [0.5, 0.6) is 0 Å². The second kappa shape index (κ2) is 3.53. The molecule has 0 aromatic heterocycles. The van der Waals surface area contributed by atoms with Crippen LogP contribution in [0.15, 0.2) is 0 Å². The van der Waals surface area contributed by atoms with Crippen LogP contribution in [0, 0.1) is 0 Å². The van der Waals surface area contributed by atoms with E-state index >= 15 is 0 Å². The number of rotatable bonds is 2. The minimum absolute atomic E-state index is 0.337. The van der Waals surface area contributed by atoms with E-state index in [1.165, 1.54) is 6.92 Å². The topological polar surface area (TPSA) is 75.6 Å². The fourth-order valence-electron chi connectivity index (χ4n) is 0.919. The van der Waals surface area contributed by atoms with Gasteiger partial charge in [-0.1, -0.05) is 0 Å². The van der Waals surface area contributed by atoms with Gasteiger partial charge in [-0.3, -0.25) is 4.79 Å². The Hall–Kier alpha value is -1.10. The van der Waals surface area contributed by atoms with Gasteiger partial charge in [-0.15, -0.1) is 0 Å². The number of amides is 1. The third-order valence-electron chi connectivity index (χ3n) is 1.63. The molecule has 0 aliphatic carbocycles. The third kappa shape index (κ3) is 1.94. The Labute approximate surface area is 69.7 Å². The quantitative estimate of drug-likeness (QED) is 0.514. The molecule has 0 aromatic rings. The highest BCUT2D eigenvalue weighted by atomic mass is 16.5. The molecule has 2 N–H and O–H groups in total. The normalized spacial score (nSPS) is 24.8. The molecule has 0 spiro atoms. The fraction of sp³-hybridized carbons (Fsp3) is 0.714. The standard InChI is InChI=1S/C7H11NO4/c1-4(9)6(10)8-5-2-3-12-7(5)11/h4-5,9H,2-3H2,1H3,(H,8,10). The zero-order valence-electron chi connectivity index (χ0n) is 6.74. The van der Waals surface area contributed by atoms with E-state index < -0.39 is 24.0 Å². The number of hydrogen-bond acceptors (Lipinski definition) is 4. The van der Waals surface area contributed by atoms with Gasteiger partial charge in [-0.2, -0.15) is 0 Å². The summed E-state index contributed by atoms with van der Waals surface area (Å²) in [5.74, 6) is -0.970. The molecule has 12 heavy (non-hydrogen) atoms. The second-order valence-electron chi connectivity index (χ2n) is 2.69. The van der Waals surface area contributed by atoms with Gasteiger partial charge in [0.1, 0.15) is 12.1 Å². The molecule has 68 valence electrons. The average molecular weight is 173 g/mol. The van der Waals surface area contributed by atoms with Crippen LogP contribution < -0.4 is 5.32 Å². The first kappa shape index (κ1) is 8.99. The number of nitrogens with one attached hydrogen (secondary N) is 1. The molecule has 5 heteroatoms. The summed E-state index contributed by atoms with van der Waals surface area (Å²) in [5.41, 5.74) is 0. The zero-order valence-corrected chi connectivity index (χ0v) is 6.74. The molecule has 2 atom stereocenters. The van der Waals surface area contributed by atoms with E-state index in [-0.39, 0.29) is 0 Å². The van der Waals surface area contributed by atoms with E-state index in [0.717, 1.165) is 0 Å². The third-order valence-corrected chi connectivity index (χ3v) is 1.63. The van der Waals surface area contributed by atoms with Gasteiger partial charge in [-0.25, -0.2) is 4.79 Å². The van der Waals surface area contributed by atoms with Crippen molar-refractivity contribution in [1.29, 1.82) is 0 Å². The SMILES string of the molecule is CC(O)C(=O)NC1CCOC1=O. The Morgan fingerprint density at radius 1 is 1.83 bits per heavy atom. The van der Waals surface area contributed by atoms with Crippen LogP contribution in [-0.2, 0) is 14.3 Å². The van der Waals surface area contributed by atoms with E-state index in [0.29, 0.717) is 13.0 Å². The summed E-state index contributed by atoms with van der Waals surface area (Å²) < 4.78 is 4.61. The number of carbonyl (C=O) groups excluding carboxylic acids is 2. The van der Waals surface area contributed by atoms with Crippen LogP contribution >= 0.6 is 0 Å². The maximum atomic E-state index is 10.9. The van der Waals surface area contributed by atoms with E-state index in [1.807, 2.05) is 0 Å². The second-order valence-corrected chi connectivity index (χ2v) is 2.69. The summed E-state index contributed by atoms with van der Waals surface area (Å²) in [5, 5.41) is 11.2. The lowest BCUT2D eigenvalue weighted by atomic mass is 10.2. The van der Waals surface area contributed by atoms with Crippen LogP contribution in [0.3, 0.4) is 0 Å². The van der Waals surface area contributed by atoms with Gasteiger partial charge >= 0.3 is 5.97 Å². The molecule has 0 aromatic carbocycles. The zero-order chi connectivity index (χ0) is 9.14. The van der Waals surface area contributed by atoms with E-state index in [9.17, 15) is 9.59 Å². The highest BCUT2D eigenvalue weighted by Crippen LogP contribution is 2.05. The van der Waals surface area contributed by atoms with Crippen LogP contribution in [0.1, 0.15) is 13.3 Å². The summed E-state index contributed by atoms with van der Waals surface area (Å²) in [6.45, 7) is 1.68. The van der Waals surface area contributed by atoms with Crippen molar-refractivity contribution < 1.29 is 19.4 Å². The molecule has 0 radical (unpaired) electrons. The van der Waals surface area contributed by atoms with Gasteiger partial charge in [0.15, 0.2) is 0 Å². The number of hydrogen-bond donors (Lipinski definition) is 2. The van der Waals surface area contributed by atoms with Crippen molar-refractivity contribution >= 4 is 11.9 Å². The molecule has 1 aliphatic heterocycles. The van der Waals surface area contributed by atoms with Crippen molar-refractivity contribution in [3.05, 3.63) is 0 Å². The first-order valence-corrected chi connectivity index (χ1v) is 3.76. The smallest absolute Gasteiger partial charge is 0.328 e. The predicted molar refractivity (Wildman–Crippen MR) is 39.2 cm³/mol. The Bertz CT molecular complexity index is 202. The van der Waals surface area contributed by atoms with Gasteiger partial charge < -0.3 is 15.2 Å². The van der Waals surface area contributed by atoms with Gasteiger partial charge in [0.25, 0.3) is 0 Å². The van der Waals surface area contributed by atoms with Crippen LogP contribution in [0.4, 0.5) is 0 Å². The van der Waals surface area contributed by atoms with Crippen molar-refractivity contribution in [2.75, 3.05) is 6.61 Å². The molecule has 1 saturated heterocycles. The molecule has 5 nitrogen and oxygen atoms in total. The summed E-state index contributed by atoms with van der Waals surface area (Å²) >= 11 is 0.